The van der Waals surface area contributed by atoms with E-state index in [1.807, 2.05) is 30.5 Å². The molecule has 0 saturated carbocycles. The number of hydrogen-bond acceptors (Lipinski definition) is 3. The number of nitrogens with zero attached hydrogens (tertiary/aromatic N) is 3. The largest absolute Gasteiger partial charge is 0.328 e. The number of hydrogen-bond donors (Lipinski definition) is 0. The number of aliphatic imine (C=N–C) groups is 1. The highest BCUT2D eigenvalue weighted by Gasteiger charge is 2.11. The molecule has 3 heteroatoms. The molecule has 0 spiro atoms. The van der Waals surface area contributed by atoms with Crippen LogP contribution in [0.3, 0.4) is 0 Å². The first-order valence-electron chi connectivity index (χ1n) is 5.32. The Kier molecular flexibility index (Phi) is 3.02. The summed E-state index contributed by atoms with van der Waals surface area (Å²) in [6.07, 6.45) is 6.54. The first-order valence-corrected chi connectivity index (χ1v) is 5.32. The minimum atomic E-state index is 0.623. The lowest BCUT2D eigenvalue weighted by atomic mass is 10.0. The van der Waals surface area contributed by atoms with Crippen LogP contribution in [0.4, 0.5) is 5.69 Å². The molecule has 0 fully saturated rings. The van der Waals surface area contributed by atoms with Crippen molar-refractivity contribution in [1.82, 2.24) is 0 Å². The summed E-state index contributed by atoms with van der Waals surface area (Å²) in [6, 6.07) is 8.05. The fraction of sp³-hybridized carbons (Fsp3) is 0.231. The molecule has 0 N–H and O–H groups in total. The van der Waals surface area contributed by atoms with Crippen LogP contribution in [-0.4, -0.2) is 12.9 Å². The summed E-state index contributed by atoms with van der Waals surface area (Å²) in [7, 11) is 0. The van der Waals surface area contributed by atoms with Crippen molar-refractivity contribution in [3.05, 3.63) is 41.6 Å². The van der Waals surface area contributed by atoms with Gasteiger partial charge in [0, 0.05) is 18.1 Å². The van der Waals surface area contributed by atoms with Crippen molar-refractivity contribution in [2.75, 3.05) is 11.6 Å². The van der Waals surface area contributed by atoms with E-state index in [9.17, 15) is 0 Å². The molecule has 1 heterocycles. The van der Waals surface area contributed by atoms with E-state index in [4.69, 9.17) is 5.26 Å². The van der Waals surface area contributed by atoms with Crippen molar-refractivity contribution < 1.29 is 0 Å². The molecule has 0 bridgehead atoms. The SMILES string of the molecule is CCc1c(C#N)cccc1N1C=CC=NC1. The second-order valence-corrected chi connectivity index (χ2v) is 3.55. The van der Waals surface area contributed by atoms with E-state index < -0.39 is 0 Å². The minimum Gasteiger partial charge on any atom is -0.328 e. The predicted molar refractivity (Wildman–Crippen MR) is 65.5 cm³/mol. The first-order chi connectivity index (χ1) is 7.86. The molecular weight excluding hydrogens is 198 g/mol. The summed E-state index contributed by atoms with van der Waals surface area (Å²) in [6.45, 7) is 2.69. The maximum Gasteiger partial charge on any atom is 0.114 e. The molecule has 16 heavy (non-hydrogen) atoms. The van der Waals surface area contributed by atoms with Crippen LogP contribution in [-0.2, 0) is 6.42 Å². The maximum absolute atomic E-state index is 9.06. The highest BCUT2D eigenvalue weighted by Crippen LogP contribution is 2.25. The van der Waals surface area contributed by atoms with Gasteiger partial charge in [-0.15, -0.1) is 0 Å². The second-order valence-electron chi connectivity index (χ2n) is 3.55. The van der Waals surface area contributed by atoms with Crippen LogP contribution in [0.15, 0.2) is 35.5 Å². The van der Waals surface area contributed by atoms with Crippen molar-refractivity contribution in [1.29, 1.82) is 5.26 Å². The summed E-state index contributed by atoms with van der Waals surface area (Å²) >= 11 is 0. The summed E-state index contributed by atoms with van der Waals surface area (Å²) in [5.41, 5.74) is 2.92. The van der Waals surface area contributed by atoms with Crippen molar-refractivity contribution in [2.45, 2.75) is 13.3 Å². The fourth-order valence-corrected chi connectivity index (χ4v) is 1.86. The van der Waals surface area contributed by atoms with E-state index in [0.717, 1.165) is 23.2 Å². The van der Waals surface area contributed by atoms with Gasteiger partial charge in [-0.05, 0) is 30.2 Å². The smallest absolute Gasteiger partial charge is 0.114 e. The Morgan fingerprint density at radius 2 is 2.38 bits per heavy atom. The fourth-order valence-electron chi connectivity index (χ4n) is 1.86. The van der Waals surface area contributed by atoms with Gasteiger partial charge >= 0.3 is 0 Å². The highest BCUT2D eigenvalue weighted by molar-refractivity contribution is 5.75. The third-order valence-corrected chi connectivity index (χ3v) is 2.63. The molecule has 0 radical (unpaired) electrons. The number of benzene rings is 1. The number of anilines is 1. The van der Waals surface area contributed by atoms with Crippen LogP contribution in [0, 0.1) is 11.3 Å². The summed E-state index contributed by atoms with van der Waals surface area (Å²) in [5.74, 6) is 0. The van der Waals surface area contributed by atoms with Crippen molar-refractivity contribution in [2.24, 2.45) is 4.99 Å². The van der Waals surface area contributed by atoms with Crippen molar-refractivity contribution in [3.63, 3.8) is 0 Å². The van der Waals surface area contributed by atoms with Crippen molar-refractivity contribution >= 4 is 11.9 Å². The van der Waals surface area contributed by atoms with Crippen LogP contribution >= 0.6 is 0 Å². The number of nitriles is 1. The standard InChI is InChI=1S/C13H13N3/c1-2-12-11(9-14)5-3-6-13(12)16-8-4-7-15-10-16/h3-8H,2,10H2,1H3. The lowest BCUT2D eigenvalue weighted by Crippen LogP contribution is -2.20. The van der Waals surface area contributed by atoms with Gasteiger partial charge in [-0.3, -0.25) is 4.99 Å². The molecule has 1 aromatic carbocycles. The zero-order valence-corrected chi connectivity index (χ0v) is 9.22. The van der Waals surface area contributed by atoms with Crippen LogP contribution in [0.1, 0.15) is 18.1 Å². The van der Waals surface area contributed by atoms with Gasteiger partial charge in [-0.1, -0.05) is 13.0 Å². The molecule has 0 atom stereocenters. The first kappa shape index (κ1) is 10.4. The molecule has 80 valence electrons. The Balaban J connectivity index is 2.44. The average Bonchev–Trinajstić information content (AvgIpc) is 2.38. The Bertz CT molecular complexity index is 480. The van der Waals surface area contributed by atoms with E-state index in [1.54, 1.807) is 6.21 Å². The normalized spacial score (nSPS) is 13.9. The Morgan fingerprint density at radius 1 is 1.50 bits per heavy atom. The third-order valence-electron chi connectivity index (χ3n) is 2.63. The van der Waals surface area contributed by atoms with Gasteiger partial charge in [0.25, 0.3) is 0 Å². The number of allylic oxidation sites excluding steroid dienone is 1. The summed E-state index contributed by atoms with van der Waals surface area (Å²) in [5, 5.41) is 9.06. The molecule has 0 unspecified atom stereocenters. The van der Waals surface area contributed by atoms with Gasteiger partial charge in [0.05, 0.1) is 11.6 Å². The molecule has 1 aliphatic rings. The third kappa shape index (κ3) is 1.82. The van der Waals surface area contributed by atoms with Gasteiger partial charge in [-0.25, -0.2) is 0 Å². The van der Waals surface area contributed by atoms with Gasteiger partial charge in [-0.2, -0.15) is 5.26 Å². The quantitative estimate of drug-likeness (QED) is 0.753. The Labute approximate surface area is 95.3 Å². The molecule has 0 amide bonds. The van der Waals surface area contributed by atoms with Crippen LogP contribution in [0.25, 0.3) is 0 Å². The maximum atomic E-state index is 9.06. The van der Waals surface area contributed by atoms with Gasteiger partial charge in [0.2, 0.25) is 0 Å². The monoisotopic (exact) mass is 211 g/mol. The highest BCUT2D eigenvalue weighted by atomic mass is 15.2. The van der Waals surface area contributed by atoms with Gasteiger partial charge < -0.3 is 4.90 Å². The molecule has 1 aromatic rings. The molecule has 0 aliphatic carbocycles. The zero-order chi connectivity index (χ0) is 11.4. The average molecular weight is 211 g/mol. The van der Waals surface area contributed by atoms with E-state index in [2.05, 4.69) is 22.9 Å². The van der Waals surface area contributed by atoms with Crippen molar-refractivity contribution in [3.8, 4) is 6.07 Å². The second kappa shape index (κ2) is 4.63. The molecule has 1 aliphatic heterocycles. The molecule has 3 nitrogen and oxygen atoms in total. The summed E-state index contributed by atoms with van der Waals surface area (Å²) in [4.78, 5) is 6.25. The lowest BCUT2D eigenvalue weighted by Gasteiger charge is -2.23. The summed E-state index contributed by atoms with van der Waals surface area (Å²) < 4.78 is 0. The minimum absolute atomic E-state index is 0.623. The van der Waals surface area contributed by atoms with Gasteiger partial charge in [0.1, 0.15) is 6.67 Å². The van der Waals surface area contributed by atoms with E-state index in [1.165, 1.54) is 0 Å². The predicted octanol–water partition coefficient (Wildman–Crippen LogP) is 2.48. The molecule has 0 aromatic heterocycles. The van der Waals surface area contributed by atoms with E-state index >= 15 is 0 Å². The zero-order valence-electron chi connectivity index (χ0n) is 9.22. The van der Waals surface area contributed by atoms with Crippen LogP contribution in [0.2, 0.25) is 0 Å². The Morgan fingerprint density at radius 3 is 3.00 bits per heavy atom. The molecule has 0 saturated heterocycles. The Hall–Kier alpha value is -2.08. The molecular formula is C13H13N3. The molecule has 2 rings (SSSR count). The van der Waals surface area contributed by atoms with E-state index in [-0.39, 0.29) is 0 Å². The lowest BCUT2D eigenvalue weighted by molar-refractivity contribution is 0.951. The number of rotatable bonds is 2. The van der Waals surface area contributed by atoms with Gasteiger partial charge in [0.15, 0.2) is 0 Å². The topological polar surface area (TPSA) is 39.4 Å². The van der Waals surface area contributed by atoms with E-state index in [0.29, 0.717) is 6.67 Å². The van der Waals surface area contributed by atoms with Crippen LogP contribution < -0.4 is 4.90 Å². The van der Waals surface area contributed by atoms with Crippen LogP contribution in [0.5, 0.6) is 0 Å².